The zero-order valence-corrected chi connectivity index (χ0v) is 15.6. The molecule has 2 nitrogen and oxygen atoms in total. The summed E-state index contributed by atoms with van der Waals surface area (Å²) in [5.41, 5.74) is 4.53. The molecule has 0 unspecified atom stereocenters. The Morgan fingerprint density at radius 1 is 1.12 bits per heavy atom. The van der Waals surface area contributed by atoms with Crippen LogP contribution in [0.5, 0.6) is 0 Å². The number of halogens is 2. The van der Waals surface area contributed by atoms with Crippen molar-refractivity contribution in [2.45, 2.75) is 39.4 Å². The molecule has 134 valence electrons. The van der Waals surface area contributed by atoms with Gasteiger partial charge in [0.05, 0.1) is 0 Å². The quantitative estimate of drug-likeness (QED) is 0.654. The van der Waals surface area contributed by atoms with Crippen molar-refractivity contribution in [2.75, 3.05) is 11.1 Å². The van der Waals surface area contributed by atoms with Gasteiger partial charge in [-0.15, -0.1) is 0 Å². The van der Waals surface area contributed by atoms with E-state index < -0.39 is 11.6 Å². The molecule has 0 aliphatic rings. The van der Waals surface area contributed by atoms with Crippen LogP contribution in [0.25, 0.3) is 0 Å². The second kappa shape index (κ2) is 8.99. The first-order valence-corrected chi connectivity index (χ1v) is 9.42. The van der Waals surface area contributed by atoms with E-state index in [-0.39, 0.29) is 5.91 Å². The number of carbonyl (C=O) groups is 1. The Morgan fingerprint density at radius 2 is 1.80 bits per heavy atom. The van der Waals surface area contributed by atoms with Crippen LogP contribution >= 0.6 is 11.8 Å². The van der Waals surface area contributed by atoms with Crippen molar-refractivity contribution in [3.8, 4) is 0 Å². The molecule has 1 N–H and O–H groups in total. The van der Waals surface area contributed by atoms with Crippen LogP contribution in [0.2, 0.25) is 0 Å². The van der Waals surface area contributed by atoms with E-state index in [1.165, 1.54) is 23.4 Å². The zero-order chi connectivity index (χ0) is 18.4. The molecule has 0 atom stereocenters. The Bertz CT molecular complexity index is 738. The summed E-state index contributed by atoms with van der Waals surface area (Å²) in [6.07, 6.45) is 1.10. The minimum atomic E-state index is -0.818. The molecule has 0 aromatic heterocycles. The topological polar surface area (TPSA) is 29.1 Å². The molecule has 0 saturated carbocycles. The Kier molecular flexibility index (Phi) is 7.00. The lowest BCUT2D eigenvalue weighted by molar-refractivity contribution is -0.116. The second-order valence-corrected chi connectivity index (χ2v) is 7.30. The third-order valence-electron chi connectivity index (χ3n) is 3.92. The van der Waals surface area contributed by atoms with Crippen molar-refractivity contribution in [2.24, 2.45) is 0 Å². The van der Waals surface area contributed by atoms with E-state index in [2.05, 4.69) is 5.32 Å². The average molecular weight is 363 g/mol. The van der Waals surface area contributed by atoms with Gasteiger partial charge in [-0.25, -0.2) is 8.78 Å². The smallest absolute Gasteiger partial charge is 0.224 e. The molecule has 0 radical (unpaired) electrons. The van der Waals surface area contributed by atoms with E-state index in [0.29, 0.717) is 24.2 Å². The number of rotatable bonds is 7. The monoisotopic (exact) mass is 363 g/mol. The first-order chi connectivity index (χ1) is 11.9. The van der Waals surface area contributed by atoms with Gasteiger partial charge in [0, 0.05) is 23.4 Å². The fourth-order valence-electron chi connectivity index (χ4n) is 2.76. The number of anilines is 1. The molecule has 0 fully saturated rings. The van der Waals surface area contributed by atoms with Crippen molar-refractivity contribution in [3.05, 3.63) is 64.2 Å². The lowest BCUT2D eigenvalue weighted by Gasteiger charge is -2.12. The van der Waals surface area contributed by atoms with Crippen LogP contribution in [0.1, 0.15) is 35.1 Å². The lowest BCUT2D eigenvalue weighted by atomic mass is 10.0. The molecule has 0 bridgehead atoms. The first-order valence-electron chi connectivity index (χ1n) is 8.27. The van der Waals surface area contributed by atoms with Gasteiger partial charge in [0.2, 0.25) is 5.91 Å². The third kappa shape index (κ3) is 5.56. The predicted octanol–water partition coefficient (Wildman–Crippen LogP) is 5.54. The average Bonchev–Trinajstić information content (AvgIpc) is 2.54. The van der Waals surface area contributed by atoms with Gasteiger partial charge in [0.15, 0.2) is 11.6 Å². The van der Waals surface area contributed by atoms with Gasteiger partial charge < -0.3 is 5.32 Å². The Morgan fingerprint density at radius 3 is 2.48 bits per heavy atom. The summed E-state index contributed by atoms with van der Waals surface area (Å²) in [5.74, 6) is -0.497. The highest BCUT2D eigenvalue weighted by atomic mass is 32.2. The summed E-state index contributed by atoms with van der Waals surface area (Å²) < 4.78 is 26.7. The molecule has 0 saturated heterocycles. The zero-order valence-electron chi connectivity index (χ0n) is 14.8. The van der Waals surface area contributed by atoms with E-state index in [1.807, 2.05) is 32.9 Å². The number of thioether (sulfide) groups is 1. The predicted molar refractivity (Wildman–Crippen MR) is 101 cm³/mol. The van der Waals surface area contributed by atoms with Crippen molar-refractivity contribution < 1.29 is 13.6 Å². The molecular weight excluding hydrogens is 340 g/mol. The van der Waals surface area contributed by atoms with Gasteiger partial charge in [0.1, 0.15) is 0 Å². The van der Waals surface area contributed by atoms with Crippen LogP contribution in [0.4, 0.5) is 14.5 Å². The molecule has 0 spiro atoms. The summed E-state index contributed by atoms with van der Waals surface area (Å²) in [6, 6.07) is 8.30. The summed E-state index contributed by atoms with van der Waals surface area (Å²) in [7, 11) is 0. The van der Waals surface area contributed by atoms with Crippen LogP contribution in [-0.4, -0.2) is 11.7 Å². The van der Waals surface area contributed by atoms with Crippen LogP contribution in [0.15, 0.2) is 30.3 Å². The van der Waals surface area contributed by atoms with Crippen molar-refractivity contribution >= 4 is 23.4 Å². The molecule has 5 heteroatoms. The van der Waals surface area contributed by atoms with Gasteiger partial charge in [-0.1, -0.05) is 29.8 Å². The van der Waals surface area contributed by atoms with Gasteiger partial charge in [0.25, 0.3) is 0 Å². The van der Waals surface area contributed by atoms with Gasteiger partial charge in [-0.05, 0) is 50.1 Å². The van der Waals surface area contributed by atoms with E-state index >= 15 is 0 Å². The molecule has 2 aromatic rings. The number of aryl methyl sites for hydroxylation is 3. The molecule has 2 aromatic carbocycles. The van der Waals surface area contributed by atoms with Crippen LogP contribution in [0.3, 0.4) is 0 Å². The van der Waals surface area contributed by atoms with Gasteiger partial charge in [-0.3, -0.25) is 4.79 Å². The van der Waals surface area contributed by atoms with Crippen LogP contribution in [-0.2, 0) is 10.5 Å². The second-order valence-electron chi connectivity index (χ2n) is 6.19. The van der Waals surface area contributed by atoms with Gasteiger partial charge >= 0.3 is 0 Å². The number of hydrogen-bond acceptors (Lipinski definition) is 2. The van der Waals surface area contributed by atoms with E-state index in [1.54, 1.807) is 6.07 Å². The van der Waals surface area contributed by atoms with Gasteiger partial charge in [-0.2, -0.15) is 11.8 Å². The minimum Gasteiger partial charge on any atom is -0.326 e. The largest absolute Gasteiger partial charge is 0.326 e. The summed E-state index contributed by atoms with van der Waals surface area (Å²) in [5, 5.41) is 2.97. The molecule has 2 rings (SSSR count). The Hall–Kier alpha value is -1.88. The molecular formula is C20H23F2NOS. The fourth-order valence-corrected chi connectivity index (χ4v) is 3.69. The number of nitrogens with one attached hydrogen (secondary N) is 1. The Labute approximate surface area is 152 Å². The molecule has 1 amide bonds. The number of hydrogen-bond donors (Lipinski definition) is 1. The highest BCUT2D eigenvalue weighted by Gasteiger charge is 2.09. The van der Waals surface area contributed by atoms with E-state index in [4.69, 9.17) is 0 Å². The summed E-state index contributed by atoms with van der Waals surface area (Å²) >= 11 is 1.50. The number of amides is 1. The fraction of sp³-hybridized carbons (Fsp3) is 0.350. The lowest BCUT2D eigenvalue weighted by Crippen LogP contribution is -2.13. The minimum absolute atomic E-state index is 0.0208. The highest BCUT2D eigenvalue weighted by molar-refractivity contribution is 7.98. The van der Waals surface area contributed by atoms with Crippen LogP contribution < -0.4 is 5.32 Å². The standard InChI is InChI=1S/C20H23F2NOS/c1-13-10-14(2)20(15(3)11-13)23-18(24)8-5-9-25-12-16-6-4-7-17(21)19(16)22/h4,6-7,10-11H,5,8-9,12H2,1-3H3,(H,23,24). The van der Waals surface area contributed by atoms with Crippen molar-refractivity contribution in [1.29, 1.82) is 0 Å². The highest BCUT2D eigenvalue weighted by Crippen LogP contribution is 2.23. The SMILES string of the molecule is Cc1cc(C)c(NC(=O)CCCSCc2cccc(F)c2F)c(C)c1. The van der Waals surface area contributed by atoms with Crippen LogP contribution in [0, 0.1) is 32.4 Å². The maximum Gasteiger partial charge on any atom is 0.224 e. The van der Waals surface area contributed by atoms with E-state index in [9.17, 15) is 13.6 Å². The summed E-state index contributed by atoms with van der Waals surface area (Å²) in [4.78, 5) is 12.1. The molecule has 0 aliphatic heterocycles. The summed E-state index contributed by atoms with van der Waals surface area (Å²) in [6.45, 7) is 6.00. The molecule has 25 heavy (non-hydrogen) atoms. The van der Waals surface area contributed by atoms with Crippen molar-refractivity contribution in [3.63, 3.8) is 0 Å². The maximum atomic E-state index is 13.5. The molecule has 0 aliphatic carbocycles. The first kappa shape index (κ1) is 19.4. The number of benzene rings is 2. The normalized spacial score (nSPS) is 10.8. The third-order valence-corrected chi connectivity index (χ3v) is 5.02. The number of carbonyl (C=O) groups excluding carboxylic acids is 1. The van der Waals surface area contributed by atoms with E-state index in [0.717, 1.165) is 28.6 Å². The van der Waals surface area contributed by atoms with Crippen molar-refractivity contribution in [1.82, 2.24) is 0 Å². The Balaban J connectivity index is 1.75. The molecule has 0 heterocycles. The maximum absolute atomic E-state index is 13.5.